The van der Waals surface area contributed by atoms with Crippen LogP contribution >= 0.6 is 0 Å². The number of carbonyl (C=O) groups is 1. The minimum atomic E-state index is -0.803. The molecule has 0 bridgehead atoms. The van der Waals surface area contributed by atoms with E-state index >= 15 is 0 Å². The lowest BCUT2D eigenvalue weighted by Gasteiger charge is -2.23. The van der Waals surface area contributed by atoms with Gasteiger partial charge in [0.1, 0.15) is 0 Å². The van der Waals surface area contributed by atoms with Crippen molar-refractivity contribution in [2.75, 3.05) is 13.2 Å². The largest absolute Gasteiger partial charge is 0.464 e. The van der Waals surface area contributed by atoms with Crippen molar-refractivity contribution in [2.24, 2.45) is 0 Å². The summed E-state index contributed by atoms with van der Waals surface area (Å²) in [5.41, 5.74) is -0.803. The third-order valence-corrected chi connectivity index (χ3v) is 2.18. The van der Waals surface area contributed by atoms with Crippen molar-refractivity contribution >= 4 is 5.97 Å². The molecule has 0 unspecified atom stereocenters. The summed E-state index contributed by atoms with van der Waals surface area (Å²) in [4.78, 5) is 11.6. The van der Waals surface area contributed by atoms with Gasteiger partial charge in [-0.2, -0.15) is 0 Å². The molecule has 0 N–H and O–H groups in total. The first-order valence-corrected chi connectivity index (χ1v) is 5.85. The molecule has 90 valence electrons. The van der Waals surface area contributed by atoms with Crippen molar-refractivity contribution in [1.29, 1.82) is 0 Å². The van der Waals surface area contributed by atoms with Crippen molar-refractivity contribution in [3.8, 4) is 0 Å². The topological polar surface area (TPSA) is 35.5 Å². The number of rotatable bonds is 8. The summed E-state index contributed by atoms with van der Waals surface area (Å²) in [6.07, 6.45) is 3.99. The summed E-state index contributed by atoms with van der Waals surface area (Å²) < 4.78 is 10.6. The van der Waals surface area contributed by atoms with Gasteiger partial charge in [0.15, 0.2) is 5.60 Å². The number of esters is 1. The van der Waals surface area contributed by atoms with Gasteiger partial charge >= 0.3 is 5.97 Å². The second-order valence-electron chi connectivity index (χ2n) is 4.20. The minimum absolute atomic E-state index is 0.257. The van der Waals surface area contributed by atoms with Crippen molar-refractivity contribution in [3.63, 3.8) is 0 Å². The minimum Gasteiger partial charge on any atom is -0.464 e. The maximum atomic E-state index is 11.6. The van der Waals surface area contributed by atoms with Crippen LogP contribution in [0.5, 0.6) is 0 Å². The molecule has 0 aliphatic heterocycles. The molecule has 15 heavy (non-hydrogen) atoms. The highest BCUT2D eigenvalue weighted by Gasteiger charge is 2.29. The molecule has 0 aliphatic rings. The van der Waals surface area contributed by atoms with E-state index in [9.17, 15) is 4.79 Å². The first-order valence-electron chi connectivity index (χ1n) is 5.85. The molecule has 0 heterocycles. The monoisotopic (exact) mass is 216 g/mol. The molecule has 0 aromatic heterocycles. The Balaban J connectivity index is 3.80. The van der Waals surface area contributed by atoms with Crippen molar-refractivity contribution < 1.29 is 14.3 Å². The summed E-state index contributed by atoms with van der Waals surface area (Å²) in [6, 6.07) is 0. The molecule has 3 nitrogen and oxygen atoms in total. The first-order chi connectivity index (χ1) is 7.04. The van der Waals surface area contributed by atoms with E-state index in [2.05, 4.69) is 13.8 Å². The Morgan fingerprint density at radius 2 is 1.60 bits per heavy atom. The Bertz CT molecular complexity index is 176. The Hall–Kier alpha value is -0.570. The maximum Gasteiger partial charge on any atom is 0.337 e. The number of unbranched alkanes of at least 4 members (excludes halogenated alkanes) is 2. The van der Waals surface area contributed by atoms with Crippen LogP contribution in [-0.2, 0) is 14.3 Å². The smallest absolute Gasteiger partial charge is 0.337 e. The van der Waals surface area contributed by atoms with Crippen LogP contribution in [0.15, 0.2) is 0 Å². The Morgan fingerprint density at radius 1 is 1.07 bits per heavy atom. The Labute approximate surface area is 93.1 Å². The molecule has 0 atom stereocenters. The second kappa shape index (κ2) is 7.69. The fourth-order valence-corrected chi connectivity index (χ4v) is 1.01. The lowest BCUT2D eigenvalue weighted by molar-refractivity contribution is -0.168. The van der Waals surface area contributed by atoms with Crippen molar-refractivity contribution in [3.05, 3.63) is 0 Å². The van der Waals surface area contributed by atoms with Crippen LogP contribution in [0.3, 0.4) is 0 Å². The van der Waals surface area contributed by atoms with Gasteiger partial charge in [-0.15, -0.1) is 0 Å². The molecular weight excluding hydrogens is 192 g/mol. The van der Waals surface area contributed by atoms with Gasteiger partial charge in [0.2, 0.25) is 0 Å². The third-order valence-electron chi connectivity index (χ3n) is 2.18. The predicted molar refractivity (Wildman–Crippen MR) is 60.8 cm³/mol. The Morgan fingerprint density at radius 3 is 2.13 bits per heavy atom. The fourth-order valence-electron chi connectivity index (χ4n) is 1.01. The molecule has 0 saturated heterocycles. The standard InChI is InChI=1S/C12H24O3/c1-5-7-9-14-11(13)12(3,4)15-10-8-6-2/h5-10H2,1-4H3. The molecule has 0 radical (unpaired) electrons. The van der Waals surface area contributed by atoms with E-state index in [0.29, 0.717) is 13.2 Å². The number of hydrogen-bond acceptors (Lipinski definition) is 3. The van der Waals surface area contributed by atoms with E-state index in [1.165, 1.54) is 0 Å². The van der Waals surface area contributed by atoms with Crippen LogP contribution in [-0.4, -0.2) is 24.8 Å². The van der Waals surface area contributed by atoms with E-state index in [1.54, 1.807) is 13.8 Å². The normalized spacial score (nSPS) is 11.5. The molecule has 0 saturated carbocycles. The summed E-state index contributed by atoms with van der Waals surface area (Å²) >= 11 is 0. The predicted octanol–water partition coefficient (Wildman–Crippen LogP) is 2.93. The van der Waals surface area contributed by atoms with Gasteiger partial charge in [0.05, 0.1) is 6.61 Å². The van der Waals surface area contributed by atoms with Gasteiger partial charge in [-0.1, -0.05) is 26.7 Å². The number of carbonyl (C=O) groups excluding carboxylic acids is 1. The SMILES string of the molecule is CCCCOC(=O)C(C)(C)OCCCC. The first kappa shape index (κ1) is 14.4. The van der Waals surface area contributed by atoms with Crippen LogP contribution in [0, 0.1) is 0 Å². The zero-order chi connectivity index (χ0) is 11.7. The molecule has 0 aromatic rings. The quantitative estimate of drug-likeness (QED) is 0.462. The average Bonchev–Trinajstić information content (AvgIpc) is 2.18. The van der Waals surface area contributed by atoms with Crippen molar-refractivity contribution in [2.45, 2.75) is 59.0 Å². The highest BCUT2D eigenvalue weighted by atomic mass is 16.6. The van der Waals surface area contributed by atoms with E-state index in [4.69, 9.17) is 9.47 Å². The summed E-state index contributed by atoms with van der Waals surface area (Å²) in [5, 5.41) is 0. The highest BCUT2D eigenvalue weighted by Crippen LogP contribution is 2.12. The lowest BCUT2D eigenvalue weighted by atomic mass is 10.1. The van der Waals surface area contributed by atoms with Crippen molar-refractivity contribution in [1.82, 2.24) is 0 Å². The molecule has 0 spiro atoms. The fraction of sp³-hybridized carbons (Fsp3) is 0.917. The zero-order valence-corrected chi connectivity index (χ0v) is 10.5. The lowest BCUT2D eigenvalue weighted by Crippen LogP contribution is -2.37. The molecule has 0 rings (SSSR count). The molecular formula is C12H24O3. The molecule has 0 aliphatic carbocycles. The van der Waals surface area contributed by atoms with Gasteiger partial charge in [0.25, 0.3) is 0 Å². The second-order valence-corrected chi connectivity index (χ2v) is 4.20. The molecule has 0 fully saturated rings. The number of hydrogen-bond donors (Lipinski definition) is 0. The van der Waals surface area contributed by atoms with Gasteiger partial charge in [-0.25, -0.2) is 4.79 Å². The van der Waals surface area contributed by atoms with E-state index in [1.807, 2.05) is 0 Å². The van der Waals surface area contributed by atoms with Crippen LogP contribution in [0.1, 0.15) is 53.4 Å². The van der Waals surface area contributed by atoms with Gasteiger partial charge in [0, 0.05) is 6.61 Å². The summed E-state index contributed by atoms with van der Waals surface area (Å²) in [7, 11) is 0. The average molecular weight is 216 g/mol. The van der Waals surface area contributed by atoms with E-state index in [0.717, 1.165) is 25.7 Å². The van der Waals surface area contributed by atoms with E-state index < -0.39 is 5.60 Å². The zero-order valence-electron chi connectivity index (χ0n) is 10.5. The van der Waals surface area contributed by atoms with Gasteiger partial charge < -0.3 is 9.47 Å². The van der Waals surface area contributed by atoms with E-state index in [-0.39, 0.29) is 5.97 Å². The highest BCUT2D eigenvalue weighted by molar-refractivity contribution is 5.78. The third kappa shape index (κ3) is 6.50. The number of ether oxygens (including phenoxy) is 2. The van der Waals surface area contributed by atoms with Crippen LogP contribution < -0.4 is 0 Å². The van der Waals surface area contributed by atoms with Crippen LogP contribution in [0.2, 0.25) is 0 Å². The van der Waals surface area contributed by atoms with Crippen LogP contribution in [0.4, 0.5) is 0 Å². The summed E-state index contributed by atoms with van der Waals surface area (Å²) in [6.45, 7) is 8.79. The van der Waals surface area contributed by atoms with Crippen LogP contribution in [0.25, 0.3) is 0 Å². The van der Waals surface area contributed by atoms with Gasteiger partial charge in [-0.3, -0.25) is 0 Å². The maximum absolute atomic E-state index is 11.6. The van der Waals surface area contributed by atoms with Gasteiger partial charge in [-0.05, 0) is 26.7 Å². The molecule has 0 aromatic carbocycles. The molecule has 3 heteroatoms. The molecule has 0 amide bonds. The summed E-state index contributed by atoms with van der Waals surface area (Å²) in [5.74, 6) is -0.257. The Kier molecular flexibility index (Phi) is 7.39.